The SMILES string of the molecule is CCN(c1ccccc1)S(=O)(=O)c1ccc(CCl)cc1F. The zero-order valence-electron chi connectivity index (χ0n) is 11.5. The van der Waals surface area contributed by atoms with Crippen molar-refractivity contribution in [3.63, 3.8) is 0 Å². The van der Waals surface area contributed by atoms with E-state index >= 15 is 0 Å². The van der Waals surface area contributed by atoms with Crippen LogP contribution in [0.2, 0.25) is 0 Å². The number of hydrogen-bond donors (Lipinski definition) is 0. The number of rotatable bonds is 5. The van der Waals surface area contributed by atoms with Gasteiger partial charge in [0.2, 0.25) is 0 Å². The van der Waals surface area contributed by atoms with Crippen molar-refractivity contribution in [1.82, 2.24) is 0 Å². The van der Waals surface area contributed by atoms with Crippen LogP contribution < -0.4 is 4.31 Å². The monoisotopic (exact) mass is 327 g/mol. The molecular weight excluding hydrogens is 313 g/mol. The minimum atomic E-state index is -3.94. The Morgan fingerprint density at radius 2 is 1.81 bits per heavy atom. The Morgan fingerprint density at radius 3 is 2.33 bits per heavy atom. The highest BCUT2D eigenvalue weighted by molar-refractivity contribution is 7.92. The van der Waals surface area contributed by atoms with E-state index in [9.17, 15) is 12.8 Å². The molecule has 2 rings (SSSR count). The highest BCUT2D eigenvalue weighted by atomic mass is 35.5. The molecule has 6 heteroatoms. The van der Waals surface area contributed by atoms with Crippen molar-refractivity contribution in [3.8, 4) is 0 Å². The van der Waals surface area contributed by atoms with Gasteiger partial charge in [0.15, 0.2) is 0 Å². The summed E-state index contributed by atoms with van der Waals surface area (Å²) in [5, 5.41) is 0. The van der Waals surface area contributed by atoms with Crippen LogP contribution >= 0.6 is 11.6 Å². The van der Waals surface area contributed by atoms with Gasteiger partial charge < -0.3 is 0 Å². The van der Waals surface area contributed by atoms with Crippen LogP contribution in [0.15, 0.2) is 53.4 Å². The van der Waals surface area contributed by atoms with Gasteiger partial charge in [0.25, 0.3) is 10.0 Å². The lowest BCUT2D eigenvalue weighted by atomic mass is 10.2. The average Bonchev–Trinajstić information content (AvgIpc) is 2.48. The molecule has 0 bridgehead atoms. The summed E-state index contributed by atoms with van der Waals surface area (Å²) in [6.07, 6.45) is 0. The standard InChI is InChI=1S/C15H15ClFNO2S/c1-2-18(13-6-4-3-5-7-13)21(19,20)15-9-8-12(11-16)10-14(15)17/h3-10H,2,11H2,1H3. The maximum Gasteiger partial charge on any atom is 0.267 e. The van der Waals surface area contributed by atoms with Gasteiger partial charge in [-0.3, -0.25) is 4.31 Å². The van der Waals surface area contributed by atoms with E-state index in [2.05, 4.69) is 0 Å². The Kier molecular flexibility index (Phi) is 4.85. The van der Waals surface area contributed by atoms with Crippen molar-refractivity contribution in [1.29, 1.82) is 0 Å². The number of benzene rings is 2. The molecule has 0 saturated carbocycles. The van der Waals surface area contributed by atoms with Crippen molar-refractivity contribution in [2.45, 2.75) is 17.7 Å². The Hall–Kier alpha value is -1.59. The van der Waals surface area contributed by atoms with E-state index in [4.69, 9.17) is 11.6 Å². The highest BCUT2D eigenvalue weighted by Crippen LogP contribution is 2.25. The maximum absolute atomic E-state index is 14.1. The molecule has 0 aliphatic carbocycles. The minimum Gasteiger partial charge on any atom is -0.267 e. The summed E-state index contributed by atoms with van der Waals surface area (Å²) in [6.45, 7) is 1.92. The van der Waals surface area contributed by atoms with Crippen LogP contribution in [0.3, 0.4) is 0 Å². The second-order valence-corrected chi connectivity index (χ2v) is 6.50. The summed E-state index contributed by atoms with van der Waals surface area (Å²) in [5.74, 6) is -0.657. The number of nitrogens with zero attached hydrogens (tertiary/aromatic N) is 1. The number of sulfonamides is 1. The summed E-state index contributed by atoms with van der Waals surface area (Å²) in [4.78, 5) is -0.345. The van der Waals surface area contributed by atoms with Crippen LogP contribution in [0.1, 0.15) is 12.5 Å². The first-order valence-corrected chi connectivity index (χ1v) is 8.40. The first-order chi connectivity index (χ1) is 10.0. The largest absolute Gasteiger partial charge is 0.267 e. The quantitative estimate of drug-likeness (QED) is 0.784. The molecule has 0 fully saturated rings. The molecule has 0 aromatic heterocycles. The average molecular weight is 328 g/mol. The van der Waals surface area contributed by atoms with Crippen LogP contribution in [-0.2, 0) is 15.9 Å². The molecular formula is C15H15ClFNO2S. The first-order valence-electron chi connectivity index (χ1n) is 6.43. The van der Waals surface area contributed by atoms with E-state index < -0.39 is 15.8 Å². The zero-order valence-corrected chi connectivity index (χ0v) is 13.0. The van der Waals surface area contributed by atoms with Gasteiger partial charge in [-0.2, -0.15) is 0 Å². The number of anilines is 1. The zero-order chi connectivity index (χ0) is 15.5. The van der Waals surface area contributed by atoms with Crippen LogP contribution in [0.25, 0.3) is 0 Å². The second-order valence-electron chi connectivity index (χ2n) is 4.40. The minimum absolute atomic E-state index is 0.132. The fourth-order valence-corrected chi connectivity index (χ4v) is 3.73. The van der Waals surface area contributed by atoms with Crippen molar-refractivity contribution in [3.05, 3.63) is 59.9 Å². The Bertz CT molecular complexity index is 720. The molecule has 112 valence electrons. The van der Waals surface area contributed by atoms with E-state index in [1.54, 1.807) is 37.3 Å². The van der Waals surface area contributed by atoms with Gasteiger partial charge >= 0.3 is 0 Å². The van der Waals surface area contributed by atoms with E-state index in [-0.39, 0.29) is 17.3 Å². The van der Waals surface area contributed by atoms with E-state index in [0.717, 1.165) is 6.07 Å². The van der Waals surface area contributed by atoms with Crippen LogP contribution in [0.5, 0.6) is 0 Å². The van der Waals surface area contributed by atoms with E-state index in [1.807, 2.05) is 0 Å². The Balaban J connectivity index is 2.50. The van der Waals surface area contributed by atoms with Crippen molar-refractivity contribution >= 4 is 27.3 Å². The molecule has 0 atom stereocenters. The van der Waals surface area contributed by atoms with Gasteiger partial charge in [-0.05, 0) is 36.8 Å². The van der Waals surface area contributed by atoms with Gasteiger partial charge in [-0.25, -0.2) is 12.8 Å². The summed E-state index contributed by atoms with van der Waals surface area (Å²) in [7, 11) is -3.94. The molecule has 2 aromatic rings. The lowest BCUT2D eigenvalue weighted by Gasteiger charge is -2.23. The fraction of sp³-hybridized carbons (Fsp3) is 0.200. The van der Waals surface area contributed by atoms with Crippen LogP contribution in [0.4, 0.5) is 10.1 Å². The number of halogens is 2. The molecule has 2 aromatic carbocycles. The predicted molar refractivity (Wildman–Crippen MR) is 82.6 cm³/mol. The highest BCUT2D eigenvalue weighted by Gasteiger charge is 2.26. The predicted octanol–water partition coefficient (Wildman–Crippen LogP) is 3.78. The third-order valence-electron chi connectivity index (χ3n) is 3.05. The molecule has 0 aliphatic rings. The number of para-hydroxylation sites is 1. The number of alkyl halides is 1. The second kappa shape index (κ2) is 6.45. The first kappa shape index (κ1) is 15.8. The third kappa shape index (κ3) is 3.19. The van der Waals surface area contributed by atoms with Gasteiger partial charge in [-0.15, -0.1) is 11.6 Å². The van der Waals surface area contributed by atoms with Gasteiger partial charge in [-0.1, -0.05) is 24.3 Å². The molecule has 3 nitrogen and oxygen atoms in total. The van der Waals surface area contributed by atoms with Crippen LogP contribution in [0, 0.1) is 5.82 Å². The fourth-order valence-electron chi connectivity index (χ4n) is 2.04. The molecule has 0 aliphatic heterocycles. The summed E-state index contributed by atoms with van der Waals surface area (Å²) in [5.41, 5.74) is 1.04. The Morgan fingerprint density at radius 1 is 1.14 bits per heavy atom. The molecule has 0 amide bonds. The van der Waals surface area contributed by atoms with E-state index in [0.29, 0.717) is 11.3 Å². The van der Waals surface area contributed by atoms with Gasteiger partial charge in [0.05, 0.1) is 5.69 Å². The molecule has 0 N–H and O–H groups in total. The third-order valence-corrected chi connectivity index (χ3v) is 5.29. The molecule has 21 heavy (non-hydrogen) atoms. The van der Waals surface area contributed by atoms with Gasteiger partial charge in [0, 0.05) is 12.4 Å². The normalized spacial score (nSPS) is 11.4. The molecule has 0 radical (unpaired) electrons. The summed E-state index contributed by atoms with van der Waals surface area (Å²) in [6, 6.07) is 12.5. The van der Waals surface area contributed by atoms with Crippen LogP contribution in [-0.4, -0.2) is 15.0 Å². The lowest BCUT2D eigenvalue weighted by molar-refractivity contribution is 0.563. The Labute approximate surface area is 129 Å². The van der Waals surface area contributed by atoms with Crippen molar-refractivity contribution in [2.24, 2.45) is 0 Å². The molecule has 0 heterocycles. The summed E-state index contributed by atoms with van der Waals surface area (Å²) < 4.78 is 40.5. The van der Waals surface area contributed by atoms with Crippen molar-refractivity contribution < 1.29 is 12.8 Å². The molecule has 0 unspecified atom stereocenters. The maximum atomic E-state index is 14.1. The smallest absolute Gasteiger partial charge is 0.267 e. The summed E-state index contributed by atoms with van der Waals surface area (Å²) >= 11 is 5.62. The van der Waals surface area contributed by atoms with Crippen molar-refractivity contribution in [2.75, 3.05) is 10.8 Å². The molecule has 0 spiro atoms. The topological polar surface area (TPSA) is 37.4 Å². The number of hydrogen-bond acceptors (Lipinski definition) is 2. The van der Waals surface area contributed by atoms with E-state index in [1.165, 1.54) is 16.4 Å². The molecule has 0 saturated heterocycles. The lowest BCUT2D eigenvalue weighted by Crippen LogP contribution is -2.31. The van der Waals surface area contributed by atoms with Gasteiger partial charge in [0.1, 0.15) is 10.7 Å².